The van der Waals surface area contributed by atoms with E-state index >= 15 is 0 Å². The fraction of sp³-hybridized carbons (Fsp3) is 0.667. The van der Waals surface area contributed by atoms with Crippen LogP contribution in [-0.4, -0.2) is 39.9 Å². The van der Waals surface area contributed by atoms with Crippen LogP contribution in [0.1, 0.15) is 408 Å². The van der Waals surface area contributed by atoms with E-state index in [-0.39, 0.29) is 0 Å². The molecule has 3 aromatic heterocycles. The molecule has 2 N–H and O–H groups in total. The number of H-pyrrole nitrogens is 2. The lowest BCUT2D eigenvalue weighted by molar-refractivity contribution is 0.602. The van der Waals surface area contributed by atoms with Gasteiger partial charge in [-0.15, -0.1) is 0 Å². The molecule has 7 aromatic rings. The summed E-state index contributed by atoms with van der Waals surface area (Å²) in [5, 5.41) is 5.10. The molecule has 116 heavy (non-hydrogen) atoms. The van der Waals surface area contributed by atoms with Crippen molar-refractivity contribution < 1.29 is 0 Å². The normalized spacial score (nSPS) is 14.0. The maximum absolute atomic E-state index is 6.42. The number of benzene rings is 4. The van der Waals surface area contributed by atoms with Gasteiger partial charge in [0.2, 0.25) is 0 Å². The summed E-state index contributed by atoms with van der Waals surface area (Å²) >= 11 is 0. The van der Waals surface area contributed by atoms with Crippen LogP contribution in [0.2, 0.25) is 0 Å². The van der Waals surface area contributed by atoms with Gasteiger partial charge in [0, 0.05) is 83.0 Å². The summed E-state index contributed by atoms with van der Waals surface area (Å²) in [7, 11) is 24.1. The molecule has 0 spiro atoms. The second kappa shape index (κ2) is 49.4. The van der Waals surface area contributed by atoms with Gasteiger partial charge in [-0.2, -0.15) is 0 Å². The molecule has 8 bridgehead atoms. The fourth-order valence-electron chi connectivity index (χ4n) is 18.8. The summed E-state index contributed by atoms with van der Waals surface area (Å²) < 4.78 is 0. The zero-order chi connectivity index (χ0) is 80.2. The fourth-order valence-corrected chi connectivity index (χ4v) is 38.4. The van der Waals surface area contributed by atoms with Gasteiger partial charge in [0.05, 0.1) is 0 Å². The minimum absolute atomic E-state index is 0.833. The lowest BCUT2D eigenvalue weighted by atomic mass is 9.90. The van der Waals surface area contributed by atoms with Crippen LogP contribution < -0.4 is 0 Å². The third-order valence-corrected chi connectivity index (χ3v) is 41.8. The molecule has 9 heterocycles. The largest absolute Gasteiger partial charge is 0.324 e. The van der Waals surface area contributed by atoms with Gasteiger partial charge in [-0.3, -0.25) is 0 Å². The van der Waals surface area contributed by atoms with Crippen LogP contribution in [0.5, 0.6) is 0 Å². The van der Waals surface area contributed by atoms with Crippen molar-refractivity contribution in [2.24, 2.45) is 0 Å². The van der Waals surface area contributed by atoms with E-state index in [1.54, 1.807) is 0 Å². The molecule has 4 aromatic carbocycles. The van der Waals surface area contributed by atoms with Crippen molar-refractivity contribution >= 4 is 170 Å². The standard InChI is InChI=1S/C96H138N8S12/c1-9-17-25-33-41-49-57-65-73-74(66(82-81(65)105-113-106-82)58-50-42-34-26-18-10-2)90-97-89(73)101-91-75-67(59-51-43-35-27-19-11-3)83-84(108-114-107-83)68(60-52-44-36-28-20-12-4)76(75)93(98-91)103-95-79-71(63-55-47-39-31-23-15-7)87-88(112-116-111-87)72(64-56-48-40-32-24-16-8)80(79)96(100-95)104-94-78-70(62-54-46-38-30-22-14-6)86-85(109-115-110-86)69(77(78)92(99-94)102-90)61-53-45-37-29-21-13-5/h9-64H2,1-8H3,(H2,97,98,99,100,101,102,103,104). The van der Waals surface area contributed by atoms with Crippen molar-refractivity contribution in [3.63, 3.8) is 0 Å². The molecule has 6 aliphatic heterocycles. The van der Waals surface area contributed by atoms with Gasteiger partial charge < -0.3 is 9.97 Å². The van der Waals surface area contributed by atoms with Crippen molar-refractivity contribution in [3.8, 4) is 45.6 Å². The maximum atomic E-state index is 6.42. The third kappa shape index (κ3) is 23.0. The monoisotopic (exact) mass is 1790 g/mol. The van der Waals surface area contributed by atoms with Crippen LogP contribution in [0.3, 0.4) is 0 Å². The maximum Gasteiger partial charge on any atom is 0.165 e. The highest BCUT2D eigenvalue weighted by Gasteiger charge is 2.39. The SMILES string of the molecule is CCCCCCCCc1c2c(c(CCCCCCCC)c3c1-c1nc-3nc3[nH]c(nc4nc(nc5[nH]c(n1)c1c(CCCCCCCC)c6c(c(CCCCCCCC)c51)SSS6)-c1c(CCCCCCCC)c5c(c(CCCCCCCC)c1-4)SSS5)c1c(CCCCCCCC)c4c(c(CCCCCCCC)c31)SSS4)SSS2. The molecule has 0 saturated heterocycles. The van der Waals surface area contributed by atoms with Gasteiger partial charge in [0.25, 0.3) is 0 Å². The lowest BCUT2D eigenvalue weighted by Crippen LogP contribution is -2.02. The minimum Gasteiger partial charge on any atom is -0.324 e. The molecule has 0 fully saturated rings. The highest BCUT2D eigenvalue weighted by molar-refractivity contribution is 9.11. The van der Waals surface area contributed by atoms with Crippen molar-refractivity contribution in [1.82, 2.24) is 39.9 Å². The van der Waals surface area contributed by atoms with E-state index in [0.717, 1.165) is 149 Å². The van der Waals surface area contributed by atoms with E-state index in [1.807, 2.05) is 126 Å². The Labute approximate surface area is 746 Å². The van der Waals surface area contributed by atoms with Crippen molar-refractivity contribution in [3.05, 3.63) is 44.5 Å². The Kier molecular flexibility index (Phi) is 39.2. The second-order valence-corrected chi connectivity index (χ2v) is 49.8. The van der Waals surface area contributed by atoms with Crippen LogP contribution in [0.25, 0.3) is 89.7 Å². The Bertz CT molecular complexity index is 3980. The number of aromatic nitrogens is 8. The molecule has 6 aliphatic rings. The zero-order valence-electron chi connectivity index (χ0n) is 72.2. The summed E-state index contributed by atoms with van der Waals surface area (Å²) in [4.78, 5) is 58.7. The summed E-state index contributed by atoms with van der Waals surface area (Å²) in [5.41, 5.74) is 20.3. The summed E-state index contributed by atoms with van der Waals surface area (Å²) in [6.45, 7) is 18.8. The molecule has 13 rings (SSSR count). The summed E-state index contributed by atoms with van der Waals surface area (Å²) in [5.74, 6) is 3.33. The summed E-state index contributed by atoms with van der Waals surface area (Å²) in [6, 6.07) is 0. The smallest absolute Gasteiger partial charge is 0.165 e. The first-order valence-corrected chi connectivity index (χ1v) is 61.1. The van der Waals surface area contributed by atoms with Crippen LogP contribution >= 0.6 is 126 Å². The number of nitrogens with zero attached hydrogens (tertiary/aromatic N) is 6. The van der Waals surface area contributed by atoms with Gasteiger partial charge in [-0.25, -0.2) is 29.9 Å². The van der Waals surface area contributed by atoms with Crippen molar-refractivity contribution in [2.45, 2.75) is 454 Å². The quantitative estimate of drug-likeness (QED) is 0.0279. The average molecular weight is 1790 g/mol. The van der Waals surface area contributed by atoms with Gasteiger partial charge in [0.1, 0.15) is 22.6 Å². The van der Waals surface area contributed by atoms with E-state index < -0.39 is 0 Å². The molecule has 0 amide bonds. The van der Waals surface area contributed by atoms with Gasteiger partial charge in [-0.05, 0) is 273 Å². The van der Waals surface area contributed by atoms with Crippen LogP contribution in [0.15, 0.2) is 39.2 Å². The molecule has 0 radical (unpaired) electrons. The molecule has 8 nitrogen and oxygen atoms in total. The van der Waals surface area contributed by atoms with Gasteiger partial charge >= 0.3 is 0 Å². The number of aryl methyl sites for hydroxylation is 4. The van der Waals surface area contributed by atoms with Crippen LogP contribution in [0, 0.1) is 0 Å². The summed E-state index contributed by atoms with van der Waals surface area (Å²) in [6.07, 6.45) is 68.0. The Balaban J connectivity index is 1.20. The molecule has 0 aliphatic carbocycles. The number of fused-ring (bicyclic) bond motifs is 24. The highest BCUT2D eigenvalue weighted by Crippen LogP contribution is 2.66. The van der Waals surface area contributed by atoms with Crippen LogP contribution in [-0.2, 0) is 51.4 Å². The minimum atomic E-state index is 0.833. The van der Waals surface area contributed by atoms with Crippen molar-refractivity contribution in [2.75, 3.05) is 0 Å². The number of rotatable bonds is 56. The zero-order valence-corrected chi connectivity index (χ0v) is 82.0. The first-order valence-electron chi connectivity index (χ1n) is 47.1. The number of hydrogen-bond donors (Lipinski definition) is 2. The predicted molar refractivity (Wildman–Crippen MR) is 530 cm³/mol. The molecule has 0 unspecified atom stereocenters. The lowest BCUT2D eigenvalue weighted by Gasteiger charge is -2.18. The van der Waals surface area contributed by atoms with Gasteiger partial charge in [-0.1, -0.05) is 312 Å². The van der Waals surface area contributed by atoms with E-state index in [9.17, 15) is 0 Å². The molecule has 0 atom stereocenters. The van der Waals surface area contributed by atoms with E-state index in [1.165, 1.54) is 384 Å². The number of aromatic amines is 2. The van der Waals surface area contributed by atoms with Crippen molar-refractivity contribution in [1.29, 1.82) is 0 Å². The van der Waals surface area contributed by atoms with E-state index in [2.05, 4.69) is 65.4 Å². The van der Waals surface area contributed by atoms with E-state index in [4.69, 9.17) is 29.9 Å². The van der Waals surface area contributed by atoms with Crippen LogP contribution in [0.4, 0.5) is 0 Å². The predicted octanol–water partition coefficient (Wildman–Crippen LogP) is 37.1. The first kappa shape index (κ1) is 92.1. The Morgan fingerprint density at radius 3 is 0.491 bits per heavy atom. The topological polar surface area (TPSA) is 109 Å². The first-order chi connectivity index (χ1) is 57.4. The number of nitrogens with one attached hydrogen (secondary N) is 2. The molecular weight excluding hydrogens is 1650 g/mol. The second-order valence-electron chi connectivity index (χ2n) is 34.2. The Morgan fingerprint density at radius 1 is 0.172 bits per heavy atom. The highest BCUT2D eigenvalue weighted by atomic mass is 33.5. The molecule has 634 valence electrons. The number of unbranched alkanes of at least 4 members (excludes halogenated alkanes) is 40. The Morgan fingerprint density at radius 2 is 0.319 bits per heavy atom. The number of hydrogen-bond acceptors (Lipinski definition) is 18. The molecule has 20 heteroatoms. The Hall–Kier alpha value is -1.56. The molecular formula is C96H138N8S12. The third-order valence-electron chi connectivity index (χ3n) is 25.2. The van der Waals surface area contributed by atoms with E-state index in [0.29, 0.717) is 0 Å². The van der Waals surface area contributed by atoms with Gasteiger partial charge in [0.15, 0.2) is 23.3 Å². The molecule has 0 saturated carbocycles. The average Bonchev–Trinajstić information content (AvgIpc) is 1.55.